The molecule has 0 radical (unpaired) electrons. The maximum Gasteiger partial charge on any atom is 0.330 e. The number of aromatic nitrogens is 4. The van der Waals surface area contributed by atoms with Gasteiger partial charge in [0, 0.05) is 16.3 Å². The fourth-order valence-corrected chi connectivity index (χ4v) is 4.99. The van der Waals surface area contributed by atoms with Gasteiger partial charge < -0.3 is 5.73 Å². The number of ketones is 1. The van der Waals surface area contributed by atoms with Crippen LogP contribution in [0.2, 0.25) is 0 Å². The SMILES string of the molecule is Cc1sc2ncnc(SCC(=O)c3c(N)n(C4CC4)c(=O)[nH]c3=O)c2c1C. The van der Waals surface area contributed by atoms with Crippen molar-refractivity contribution in [1.82, 2.24) is 19.5 Å². The second-order valence-electron chi connectivity index (χ2n) is 6.47. The number of nitrogens with zero attached hydrogens (tertiary/aromatic N) is 3. The highest BCUT2D eigenvalue weighted by atomic mass is 32.2. The highest BCUT2D eigenvalue weighted by Gasteiger charge is 2.30. The van der Waals surface area contributed by atoms with Crippen LogP contribution in [0.4, 0.5) is 5.82 Å². The van der Waals surface area contributed by atoms with E-state index in [9.17, 15) is 14.4 Å². The first-order valence-electron chi connectivity index (χ1n) is 8.39. The molecule has 1 fully saturated rings. The molecule has 0 unspecified atom stereocenters. The standard InChI is InChI=1S/C17H17N5O3S2/c1-7-8(2)27-16-11(7)15(19-6-20-16)26-5-10(23)12-13(18)22(9-3-4-9)17(25)21-14(12)24/h6,9H,3-5,18H2,1-2H3,(H,21,24,25). The summed E-state index contributed by atoms with van der Waals surface area (Å²) in [5.74, 6) is -0.479. The Hall–Kier alpha value is -2.46. The summed E-state index contributed by atoms with van der Waals surface area (Å²) in [6.45, 7) is 4.01. The molecule has 3 heterocycles. The van der Waals surface area contributed by atoms with Gasteiger partial charge in [-0.25, -0.2) is 14.8 Å². The maximum absolute atomic E-state index is 12.7. The molecule has 0 atom stereocenters. The summed E-state index contributed by atoms with van der Waals surface area (Å²) in [5, 5.41) is 1.63. The number of Topliss-reactive ketones (excluding diaryl/α,β-unsaturated/α-hetero) is 1. The monoisotopic (exact) mass is 403 g/mol. The van der Waals surface area contributed by atoms with Crippen LogP contribution in [0.15, 0.2) is 20.9 Å². The van der Waals surface area contributed by atoms with Crippen molar-refractivity contribution in [1.29, 1.82) is 0 Å². The van der Waals surface area contributed by atoms with E-state index in [2.05, 4.69) is 15.0 Å². The van der Waals surface area contributed by atoms with Crippen molar-refractivity contribution < 1.29 is 4.79 Å². The summed E-state index contributed by atoms with van der Waals surface area (Å²) in [5.41, 5.74) is 5.63. The minimum atomic E-state index is -0.740. The van der Waals surface area contributed by atoms with Gasteiger partial charge in [-0.1, -0.05) is 11.8 Å². The Balaban J connectivity index is 1.66. The lowest BCUT2D eigenvalue weighted by Crippen LogP contribution is -2.36. The third-order valence-corrected chi connectivity index (χ3v) is 6.75. The quantitative estimate of drug-likeness (QED) is 0.379. The number of nitrogen functional groups attached to an aromatic ring is 1. The van der Waals surface area contributed by atoms with Gasteiger partial charge in [0.2, 0.25) is 0 Å². The highest BCUT2D eigenvalue weighted by molar-refractivity contribution is 8.00. The van der Waals surface area contributed by atoms with Crippen molar-refractivity contribution in [3.05, 3.63) is 43.2 Å². The number of H-pyrrole nitrogens is 1. The van der Waals surface area contributed by atoms with Crippen molar-refractivity contribution in [2.24, 2.45) is 0 Å². The number of rotatable bonds is 5. The van der Waals surface area contributed by atoms with Crippen molar-refractivity contribution in [3.8, 4) is 0 Å². The van der Waals surface area contributed by atoms with Gasteiger partial charge in [-0.2, -0.15) is 0 Å². The minimum Gasteiger partial charge on any atom is -0.384 e. The summed E-state index contributed by atoms with van der Waals surface area (Å²) < 4.78 is 1.31. The largest absolute Gasteiger partial charge is 0.384 e. The van der Waals surface area contributed by atoms with Crippen LogP contribution >= 0.6 is 23.1 Å². The van der Waals surface area contributed by atoms with Crippen LogP contribution in [0.3, 0.4) is 0 Å². The van der Waals surface area contributed by atoms with Gasteiger partial charge in [0.1, 0.15) is 27.6 Å². The van der Waals surface area contributed by atoms with E-state index in [1.54, 1.807) is 11.3 Å². The molecule has 0 bridgehead atoms. The lowest BCUT2D eigenvalue weighted by molar-refractivity contribution is 0.102. The van der Waals surface area contributed by atoms with Gasteiger partial charge >= 0.3 is 5.69 Å². The predicted octanol–water partition coefficient (Wildman–Crippen LogP) is 2.05. The van der Waals surface area contributed by atoms with Crippen molar-refractivity contribution in [2.75, 3.05) is 11.5 Å². The number of aryl methyl sites for hydroxylation is 2. The van der Waals surface area contributed by atoms with Crippen LogP contribution in [-0.4, -0.2) is 31.1 Å². The van der Waals surface area contributed by atoms with E-state index in [1.807, 2.05) is 13.8 Å². The van der Waals surface area contributed by atoms with Crippen LogP contribution in [0.25, 0.3) is 10.2 Å². The molecule has 3 aromatic rings. The number of hydrogen-bond donors (Lipinski definition) is 2. The van der Waals surface area contributed by atoms with Gasteiger partial charge in [0.25, 0.3) is 5.56 Å². The maximum atomic E-state index is 12.7. The molecule has 27 heavy (non-hydrogen) atoms. The van der Waals surface area contributed by atoms with E-state index in [-0.39, 0.29) is 23.2 Å². The van der Waals surface area contributed by atoms with Crippen LogP contribution < -0.4 is 17.0 Å². The van der Waals surface area contributed by atoms with Crippen molar-refractivity contribution in [3.63, 3.8) is 0 Å². The number of aromatic amines is 1. The summed E-state index contributed by atoms with van der Waals surface area (Å²) in [7, 11) is 0. The Morgan fingerprint density at radius 2 is 2.11 bits per heavy atom. The number of fused-ring (bicyclic) bond motifs is 1. The molecule has 10 heteroatoms. The van der Waals surface area contributed by atoms with E-state index in [0.29, 0.717) is 5.03 Å². The molecule has 0 spiro atoms. The molecule has 3 aromatic heterocycles. The van der Waals surface area contributed by atoms with Gasteiger partial charge in [-0.05, 0) is 32.3 Å². The summed E-state index contributed by atoms with van der Waals surface area (Å²) in [6, 6.07) is -0.0357. The summed E-state index contributed by atoms with van der Waals surface area (Å²) in [4.78, 5) is 49.7. The molecule has 3 N–H and O–H groups in total. The molecule has 0 aromatic carbocycles. The van der Waals surface area contributed by atoms with Crippen molar-refractivity contribution >= 4 is 44.9 Å². The normalized spacial score (nSPS) is 14.0. The first-order chi connectivity index (χ1) is 12.9. The van der Waals surface area contributed by atoms with Gasteiger partial charge in [0.15, 0.2) is 5.78 Å². The molecule has 1 aliphatic rings. The average molecular weight is 403 g/mol. The van der Waals surface area contributed by atoms with Crippen LogP contribution in [0, 0.1) is 13.8 Å². The molecule has 8 nitrogen and oxygen atoms in total. The Morgan fingerprint density at radius 3 is 2.81 bits per heavy atom. The molecule has 140 valence electrons. The van der Waals surface area contributed by atoms with Crippen LogP contribution in [0.5, 0.6) is 0 Å². The smallest absolute Gasteiger partial charge is 0.330 e. The van der Waals surface area contributed by atoms with E-state index in [0.717, 1.165) is 33.5 Å². The fourth-order valence-electron chi connectivity index (χ4n) is 3.00. The zero-order chi connectivity index (χ0) is 19.3. The number of thiophene rings is 1. The Labute approximate surface area is 161 Å². The molecule has 0 saturated heterocycles. The summed E-state index contributed by atoms with van der Waals surface area (Å²) >= 11 is 2.82. The van der Waals surface area contributed by atoms with Gasteiger partial charge in [-0.15, -0.1) is 11.3 Å². The third-order valence-electron chi connectivity index (χ3n) is 4.64. The molecular formula is C17H17N5O3S2. The average Bonchev–Trinajstić information content (AvgIpc) is 3.39. The number of carbonyl (C=O) groups is 1. The number of nitrogens with one attached hydrogen (secondary N) is 1. The topological polar surface area (TPSA) is 124 Å². The highest BCUT2D eigenvalue weighted by Crippen LogP contribution is 2.36. The zero-order valence-electron chi connectivity index (χ0n) is 14.7. The van der Waals surface area contributed by atoms with E-state index in [1.165, 1.54) is 22.7 Å². The number of carbonyl (C=O) groups excluding carboxylic acids is 1. The van der Waals surface area contributed by atoms with Gasteiger partial charge in [-0.3, -0.25) is 19.1 Å². The molecule has 0 amide bonds. The number of hydrogen-bond acceptors (Lipinski definition) is 8. The third kappa shape index (κ3) is 3.08. The lowest BCUT2D eigenvalue weighted by Gasteiger charge is -2.11. The molecule has 4 rings (SSSR count). The lowest BCUT2D eigenvalue weighted by atomic mass is 10.2. The van der Waals surface area contributed by atoms with E-state index < -0.39 is 17.0 Å². The Bertz CT molecular complexity index is 1190. The Kier molecular flexibility index (Phi) is 4.39. The van der Waals surface area contributed by atoms with Gasteiger partial charge in [0.05, 0.1) is 5.75 Å². The van der Waals surface area contributed by atoms with E-state index >= 15 is 0 Å². The predicted molar refractivity (Wildman–Crippen MR) is 106 cm³/mol. The van der Waals surface area contributed by atoms with Crippen LogP contribution in [0.1, 0.15) is 39.7 Å². The minimum absolute atomic E-state index is 0.00337. The molecule has 1 saturated carbocycles. The molecular weight excluding hydrogens is 386 g/mol. The fraction of sp³-hybridized carbons (Fsp3) is 0.353. The first kappa shape index (κ1) is 17.9. The number of nitrogens with two attached hydrogens (primary N) is 1. The zero-order valence-corrected chi connectivity index (χ0v) is 16.4. The molecule has 0 aliphatic heterocycles. The Morgan fingerprint density at radius 1 is 1.37 bits per heavy atom. The number of thioether (sulfide) groups is 1. The van der Waals surface area contributed by atoms with E-state index in [4.69, 9.17) is 5.73 Å². The van der Waals surface area contributed by atoms with Crippen LogP contribution in [-0.2, 0) is 0 Å². The van der Waals surface area contributed by atoms with Crippen molar-refractivity contribution in [2.45, 2.75) is 37.8 Å². The first-order valence-corrected chi connectivity index (χ1v) is 10.2. The second-order valence-corrected chi connectivity index (χ2v) is 8.64. The summed E-state index contributed by atoms with van der Waals surface area (Å²) in [6.07, 6.45) is 3.10. The second kappa shape index (κ2) is 6.61. The number of anilines is 1. The molecule has 1 aliphatic carbocycles.